The maximum absolute atomic E-state index is 11.7. The number of halogens is 2. The van der Waals surface area contributed by atoms with Crippen LogP contribution < -0.4 is 0 Å². The Hall–Kier alpha value is 0.520. The molecule has 0 aromatic heterocycles. The summed E-state index contributed by atoms with van der Waals surface area (Å²) in [7, 11) is -2.73. The predicted molar refractivity (Wildman–Crippen MR) is 80.1 cm³/mol. The fourth-order valence-electron chi connectivity index (χ4n) is 1.58. The monoisotopic (exact) mass is 349 g/mol. The summed E-state index contributed by atoms with van der Waals surface area (Å²) < 4.78 is 21.4. The lowest BCUT2D eigenvalue weighted by Crippen LogP contribution is -2.38. The number of rotatable bonds is 10. The minimum absolute atomic E-state index is 0.432. The zero-order chi connectivity index (χ0) is 16.0. The molecule has 0 aromatic carbocycles. The van der Waals surface area contributed by atoms with Crippen molar-refractivity contribution in [2.24, 2.45) is 0 Å². The van der Waals surface area contributed by atoms with Crippen LogP contribution in [0.2, 0.25) is 0 Å². The topological polar surface area (TPSA) is 76.0 Å². The van der Waals surface area contributed by atoms with Crippen LogP contribution >= 0.6 is 31.5 Å². The third-order valence-electron chi connectivity index (χ3n) is 3.61. The van der Waals surface area contributed by atoms with Gasteiger partial charge in [-0.25, -0.2) is 0 Å². The molecule has 0 aliphatic heterocycles. The van der Waals surface area contributed by atoms with E-state index in [-0.39, 0.29) is 0 Å². The van der Waals surface area contributed by atoms with Crippen molar-refractivity contribution >= 4 is 31.5 Å². The van der Waals surface area contributed by atoms with E-state index < -0.39 is 30.6 Å². The highest BCUT2D eigenvalue weighted by atomic mass is 35.5. The first-order chi connectivity index (χ1) is 9.19. The van der Waals surface area contributed by atoms with Crippen LogP contribution in [0.15, 0.2) is 0 Å². The lowest BCUT2D eigenvalue weighted by molar-refractivity contribution is -0.0901. The van der Waals surface area contributed by atoms with Crippen molar-refractivity contribution in [2.45, 2.75) is 75.7 Å². The molecule has 2 N–H and O–H groups in total. The molecule has 0 aromatic rings. The molecule has 8 heteroatoms. The third kappa shape index (κ3) is 5.38. The second kappa shape index (κ2) is 8.84. The second-order valence-corrected chi connectivity index (χ2v) is 7.00. The number of hydrogen-bond donors (Lipinski definition) is 2. The SMILES string of the molecule is CCC(Cl)(CC)C(O)O[P+](=O)OC(O)C(Cl)(CC)CC. The smallest absolute Gasteiger partial charge is 0.363 e. The number of alkyl halides is 2. The number of hydrogen-bond acceptors (Lipinski definition) is 5. The summed E-state index contributed by atoms with van der Waals surface area (Å²) >= 11 is 12.3. The van der Waals surface area contributed by atoms with Crippen molar-refractivity contribution in [3.8, 4) is 0 Å². The van der Waals surface area contributed by atoms with Gasteiger partial charge in [0.15, 0.2) is 0 Å². The summed E-state index contributed by atoms with van der Waals surface area (Å²) in [6, 6.07) is 0. The van der Waals surface area contributed by atoms with Crippen LogP contribution in [-0.4, -0.2) is 32.5 Å². The molecule has 2 atom stereocenters. The maximum Gasteiger partial charge on any atom is 0.702 e. The Morgan fingerprint density at radius 2 is 1.15 bits per heavy atom. The Morgan fingerprint density at radius 1 is 0.900 bits per heavy atom. The van der Waals surface area contributed by atoms with Crippen molar-refractivity contribution in [1.29, 1.82) is 0 Å². The van der Waals surface area contributed by atoms with Crippen LogP contribution in [0.5, 0.6) is 0 Å². The van der Waals surface area contributed by atoms with Gasteiger partial charge in [-0.15, -0.1) is 23.2 Å². The first kappa shape index (κ1) is 20.5. The van der Waals surface area contributed by atoms with Crippen LogP contribution in [0.1, 0.15) is 53.4 Å². The highest BCUT2D eigenvalue weighted by molar-refractivity contribution is 7.33. The average molecular weight is 350 g/mol. The molecule has 0 aliphatic rings. The van der Waals surface area contributed by atoms with E-state index >= 15 is 0 Å². The van der Waals surface area contributed by atoms with Crippen LogP contribution in [-0.2, 0) is 13.6 Å². The number of aliphatic hydroxyl groups excluding tert-OH is 2. The molecule has 0 saturated heterocycles. The van der Waals surface area contributed by atoms with E-state index in [1.54, 1.807) is 27.7 Å². The van der Waals surface area contributed by atoms with E-state index in [9.17, 15) is 14.8 Å². The molecule has 2 unspecified atom stereocenters. The minimum Gasteiger partial charge on any atom is -0.363 e. The van der Waals surface area contributed by atoms with Gasteiger partial charge in [-0.2, -0.15) is 0 Å². The summed E-state index contributed by atoms with van der Waals surface area (Å²) in [4.78, 5) is -2.07. The lowest BCUT2D eigenvalue weighted by Gasteiger charge is -2.27. The van der Waals surface area contributed by atoms with Gasteiger partial charge in [-0.1, -0.05) is 36.7 Å². The molecule has 120 valence electrons. The molecule has 0 aliphatic carbocycles. The van der Waals surface area contributed by atoms with Crippen LogP contribution in [0.25, 0.3) is 0 Å². The summed E-state index contributed by atoms with van der Waals surface area (Å²) in [6.45, 7) is 7.13. The van der Waals surface area contributed by atoms with E-state index in [2.05, 4.69) is 0 Å². The van der Waals surface area contributed by atoms with E-state index in [4.69, 9.17) is 32.2 Å². The molecule has 0 amide bonds. The van der Waals surface area contributed by atoms with Crippen molar-refractivity contribution in [2.75, 3.05) is 0 Å². The fraction of sp³-hybridized carbons (Fsp3) is 1.00. The van der Waals surface area contributed by atoms with Gasteiger partial charge in [-0.05, 0) is 25.7 Å². The molecule has 20 heavy (non-hydrogen) atoms. The summed E-state index contributed by atoms with van der Waals surface area (Å²) in [5, 5.41) is 19.7. The Balaban J connectivity index is 4.58. The number of aliphatic hydroxyl groups is 2. The van der Waals surface area contributed by atoms with Gasteiger partial charge < -0.3 is 10.2 Å². The van der Waals surface area contributed by atoms with Crippen LogP contribution in [0, 0.1) is 0 Å². The van der Waals surface area contributed by atoms with E-state index in [0.717, 1.165) is 0 Å². The zero-order valence-corrected chi connectivity index (χ0v) is 14.7. The van der Waals surface area contributed by atoms with Crippen LogP contribution in [0.3, 0.4) is 0 Å². The van der Waals surface area contributed by atoms with Gasteiger partial charge in [0.2, 0.25) is 12.6 Å². The van der Waals surface area contributed by atoms with Crippen molar-refractivity contribution < 1.29 is 23.8 Å². The molecule has 0 fully saturated rings. The van der Waals surface area contributed by atoms with Crippen molar-refractivity contribution in [3.05, 3.63) is 0 Å². The van der Waals surface area contributed by atoms with Crippen molar-refractivity contribution in [1.82, 2.24) is 0 Å². The molecule has 0 heterocycles. The van der Waals surface area contributed by atoms with Crippen LogP contribution in [0.4, 0.5) is 0 Å². The van der Waals surface area contributed by atoms with Gasteiger partial charge >= 0.3 is 8.25 Å². The zero-order valence-electron chi connectivity index (χ0n) is 12.3. The molecule has 0 spiro atoms. The summed E-state index contributed by atoms with van der Waals surface area (Å²) in [5.41, 5.74) is 0. The Bertz CT molecular complexity index is 280. The van der Waals surface area contributed by atoms with Gasteiger partial charge in [0.25, 0.3) is 0 Å². The van der Waals surface area contributed by atoms with Gasteiger partial charge in [0.05, 0.1) is 9.75 Å². The molecule has 0 radical (unpaired) electrons. The second-order valence-electron chi connectivity index (χ2n) is 4.62. The first-order valence-corrected chi connectivity index (χ1v) is 8.58. The Labute approximate surface area is 131 Å². The van der Waals surface area contributed by atoms with E-state index in [0.29, 0.717) is 25.7 Å². The minimum atomic E-state index is -2.73. The largest absolute Gasteiger partial charge is 0.702 e. The summed E-state index contributed by atoms with van der Waals surface area (Å²) in [6.07, 6.45) is -1.18. The maximum atomic E-state index is 11.7. The predicted octanol–water partition coefficient (Wildman–Crippen LogP) is 3.91. The standard InChI is InChI=1S/C12H24Cl2O5P/c1-5-11(13,6-2)9(15)18-20(17)19-10(16)12(14,7-3)8-4/h9-10,15-16H,5-8H2,1-4H3/q+1. The van der Waals surface area contributed by atoms with E-state index in [1.807, 2.05) is 0 Å². The first-order valence-electron chi connectivity index (χ1n) is 6.73. The Morgan fingerprint density at radius 3 is 1.35 bits per heavy atom. The Kier molecular flexibility index (Phi) is 9.07. The lowest BCUT2D eigenvalue weighted by atomic mass is 10.0. The normalized spacial score (nSPS) is 16.9. The quantitative estimate of drug-likeness (QED) is 0.355. The van der Waals surface area contributed by atoms with Gasteiger partial charge in [-0.3, -0.25) is 0 Å². The van der Waals surface area contributed by atoms with Crippen molar-refractivity contribution in [3.63, 3.8) is 0 Å². The van der Waals surface area contributed by atoms with Gasteiger partial charge in [0, 0.05) is 4.57 Å². The van der Waals surface area contributed by atoms with Gasteiger partial charge in [0.1, 0.15) is 0 Å². The molecule has 5 nitrogen and oxygen atoms in total. The molecule has 0 rings (SSSR count). The third-order valence-corrected chi connectivity index (χ3v) is 5.79. The summed E-state index contributed by atoms with van der Waals surface area (Å²) in [5.74, 6) is 0. The highest BCUT2D eigenvalue weighted by Crippen LogP contribution is 2.39. The fourth-order valence-corrected chi connectivity index (χ4v) is 2.57. The average Bonchev–Trinajstić information content (AvgIpc) is 2.44. The van der Waals surface area contributed by atoms with E-state index in [1.165, 1.54) is 0 Å². The molecule has 0 bridgehead atoms. The molecular weight excluding hydrogens is 326 g/mol. The molecular formula is C12H24Cl2O5P+. The highest BCUT2D eigenvalue weighted by Gasteiger charge is 2.45. The molecule has 0 saturated carbocycles.